The predicted octanol–water partition coefficient (Wildman–Crippen LogP) is -0.989. The largest absolute Gasteiger partial charge is 0.467 e. The maximum Gasteiger partial charge on any atom is 0.328 e. The first-order chi connectivity index (χ1) is 5.49. The fourth-order valence-electron chi connectivity index (χ4n) is 0.581. The predicted molar refractivity (Wildman–Crippen MR) is 43.3 cm³/mol. The molecule has 0 aromatic rings. The summed E-state index contributed by atoms with van der Waals surface area (Å²) >= 11 is 0. The second-order valence-electron chi connectivity index (χ2n) is 2.54. The summed E-state index contributed by atoms with van der Waals surface area (Å²) < 4.78 is 4.40. The highest BCUT2D eigenvalue weighted by Gasteiger charge is 2.17. The van der Waals surface area contributed by atoms with Crippen LogP contribution in [0.15, 0.2) is 0 Å². The third-order valence-corrected chi connectivity index (χ3v) is 1.33. The van der Waals surface area contributed by atoms with Gasteiger partial charge in [-0.1, -0.05) is 0 Å². The van der Waals surface area contributed by atoms with Gasteiger partial charge in [0.2, 0.25) is 5.91 Å². The molecule has 5 nitrogen and oxygen atoms in total. The molecule has 5 heteroatoms. The van der Waals surface area contributed by atoms with Crippen molar-refractivity contribution < 1.29 is 14.3 Å². The maximum atomic E-state index is 10.9. The summed E-state index contributed by atoms with van der Waals surface area (Å²) in [5, 5.41) is 2.39. The van der Waals surface area contributed by atoms with E-state index in [1.807, 2.05) is 0 Å². The highest BCUT2D eigenvalue weighted by atomic mass is 16.5. The lowest BCUT2D eigenvalue weighted by Crippen LogP contribution is -2.46. The summed E-state index contributed by atoms with van der Waals surface area (Å²) in [6.07, 6.45) is 0. The van der Waals surface area contributed by atoms with Gasteiger partial charge in [0.25, 0.3) is 0 Å². The number of methoxy groups -OCH3 is 1. The number of carbonyl (C=O) groups is 2. The van der Waals surface area contributed by atoms with Crippen LogP contribution in [0.1, 0.15) is 13.8 Å². The summed E-state index contributed by atoms with van der Waals surface area (Å²) in [4.78, 5) is 21.7. The summed E-state index contributed by atoms with van der Waals surface area (Å²) in [5.41, 5.74) is 5.26. The molecule has 0 aliphatic carbocycles. The molecule has 1 unspecified atom stereocenters. The standard InChI is InChI=1S/C7H14N2O3/c1-4(8)6(10)9-5(2)7(11)12-3/h4-5H,8H2,1-3H3,(H,9,10)/t4?,5-/m0/s1. The Morgan fingerprint density at radius 1 is 1.42 bits per heavy atom. The zero-order chi connectivity index (χ0) is 9.72. The number of esters is 1. The van der Waals surface area contributed by atoms with Crippen LogP contribution in [0, 0.1) is 0 Å². The minimum absolute atomic E-state index is 0.368. The minimum Gasteiger partial charge on any atom is -0.467 e. The first-order valence-corrected chi connectivity index (χ1v) is 3.62. The number of ether oxygens (including phenoxy) is 1. The Kier molecular flexibility index (Phi) is 4.28. The average Bonchev–Trinajstić information content (AvgIpc) is 2.02. The molecule has 0 aromatic heterocycles. The van der Waals surface area contributed by atoms with Crippen molar-refractivity contribution >= 4 is 11.9 Å². The Labute approximate surface area is 71.3 Å². The van der Waals surface area contributed by atoms with Gasteiger partial charge in [0.1, 0.15) is 6.04 Å². The first-order valence-electron chi connectivity index (χ1n) is 3.62. The molecule has 0 rings (SSSR count). The van der Waals surface area contributed by atoms with Crippen molar-refractivity contribution in [3.8, 4) is 0 Å². The quantitative estimate of drug-likeness (QED) is 0.538. The van der Waals surface area contributed by atoms with Gasteiger partial charge in [0, 0.05) is 0 Å². The first kappa shape index (κ1) is 10.9. The molecule has 0 aromatic carbocycles. The van der Waals surface area contributed by atoms with Crippen molar-refractivity contribution in [2.45, 2.75) is 25.9 Å². The zero-order valence-corrected chi connectivity index (χ0v) is 7.46. The fourth-order valence-corrected chi connectivity index (χ4v) is 0.581. The highest BCUT2D eigenvalue weighted by molar-refractivity contribution is 5.86. The van der Waals surface area contributed by atoms with Gasteiger partial charge in [-0.05, 0) is 13.8 Å². The van der Waals surface area contributed by atoms with E-state index >= 15 is 0 Å². The van der Waals surface area contributed by atoms with Crippen molar-refractivity contribution in [1.82, 2.24) is 5.32 Å². The second kappa shape index (κ2) is 4.71. The van der Waals surface area contributed by atoms with Gasteiger partial charge in [0.05, 0.1) is 13.2 Å². The summed E-state index contributed by atoms with van der Waals surface area (Å²) in [7, 11) is 1.26. The number of rotatable bonds is 3. The Hall–Kier alpha value is -1.10. The number of nitrogens with two attached hydrogens (primary N) is 1. The fraction of sp³-hybridized carbons (Fsp3) is 0.714. The van der Waals surface area contributed by atoms with E-state index in [-0.39, 0.29) is 5.91 Å². The highest BCUT2D eigenvalue weighted by Crippen LogP contribution is 1.86. The van der Waals surface area contributed by atoms with Crippen LogP contribution in [-0.2, 0) is 14.3 Å². The van der Waals surface area contributed by atoms with Crippen molar-refractivity contribution in [1.29, 1.82) is 0 Å². The Morgan fingerprint density at radius 3 is 2.25 bits per heavy atom. The van der Waals surface area contributed by atoms with Gasteiger partial charge in [0.15, 0.2) is 0 Å². The molecule has 2 atom stereocenters. The van der Waals surface area contributed by atoms with E-state index in [2.05, 4.69) is 10.1 Å². The van der Waals surface area contributed by atoms with Crippen LogP contribution in [0.25, 0.3) is 0 Å². The zero-order valence-electron chi connectivity index (χ0n) is 7.46. The summed E-state index contributed by atoms with van der Waals surface area (Å²) in [5.74, 6) is -0.850. The van der Waals surface area contributed by atoms with Crippen molar-refractivity contribution in [3.05, 3.63) is 0 Å². The summed E-state index contributed by atoms with van der Waals surface area (Å²) in [6.45, 7) is 3.07. The molecular weight excluding hydrogens is 160 g/mol. The average molecular weight is 174 g/mol. The van der Waals surface area contributed by atoms with Gasteiger partial charge >= 0.3 is 5.97 Å². The van der Waals surface area contributed by atoms with E-state index in [9.17, 15) is 9.59 Å². The lowest BCUT2D eigenvalue weighted by Gasteiger charge is -2.12. The number of hydrogen-bond donors (Lipinski definition) is 2. The van der Waals surface area contributed by atoms with Crippen LogP contribution in [0.5, 0.6) is 0 Å². The molecule has 1 amide bonds. The molecule has 3 N–H and O–H groups in total. The molecule has 0 aliphatic heterocycles. The molecule has 0 saturated heterocycles. The molecule has 0 heterocycles. The lowest BCUT2D eigenvalue weighted by atomic mass is 10.3. The van der Waals surface area contributed by atoms with E-state index in [1.54, 1.807) is 6.92 Å². The van der Waals surface area contributed by atoms with Crippen molar-refractivity contribution in [3.63, 3.8) is 0 Å². The Bertz CT molecular complexity index is 179. The molecule has 12 heavy (non-hydrogen) atoms. The van der Waals surface area contributed by atoms with Crippen LogP contribution in [0.4, 0.5) is 0 Å². The Balaban J connectivity index is 3.92. The van der Waals surface area contributed by atoms with Gasteiger partial charge in [-0.15, -0.1) is 0 Å². The van der Waals surface area contributed by atoms with E-state index < -0.39 is 18.1 Å². The van der Waals surface area contributed by atoms with Crippen LogP contribution < -0.4 is 11.1 Å². The molecular formula is C7H14N2O3. The third kappa shape index (κ3) is 3.34. The van der Waals surface area contributed by atoms with E-state index in [0.29, 0.717) is 0 Å². The molecule has 0 aliphatic rings. The van der Waals surface area contributed by atoms with Crippen molar-refractivity contribution in [2.24, 2.45) is 5.73 Å². The van der Waals surface area contributed by atoms with E-state index in [0.717, 1.165) is 0 Å². The molecule has 0 spiro atoms. The molecule has 0 saturated carbocycles. The number of amides is 1. The SMILES string of the molecule is COC(=O)[C@H](C)NC(=O)C(C)N. The minimum atomic E-state index is -0.645. The van der Waals surface area contributed by atoms with E-state index in [4.69, 9.17) is 5.73 Å². The molecule has 70 valence electrons. The monoisotopic (exact) mass is 174 g/mol. The Morgan fingerprint density at radius 2 is 1.92 bits per heavy atom. The van der Waals surface area contributed by atoms with Gasteiger partial charge in [-0.3, -0.25) is 4.79 Å². The summed E-state index contributed by atoms with van der Waals surface area (Å²) in [6, 6.07) is -1.26. The van der Waals surface area contributed by atoms with Gasteiger partial charge < -0.3 is 15.8 Å². The topological polar surface area (TPSA) is 81.4 Å². The molecule has 0 radical (unpaired) electrons. The molecule has 0 fully saturated rings. The lowest BCUT2D eigenvalue weighted by molar-refractivity contribution is -0.144. The molecule has 0 bridgehead atoms. The smallest absolute Gasteiger partial charge is 0.328 e. The third-order valence-electron chi connectivity index (χ3n) is 1.33. The van der Waals surface area contributed by atoms with Crippen LogP contribution >= 0.6 is 0 Å². The number of nitrogens with one attached hydrogen (secondary N) is 1. The number of carbonyl (C=O) groups excluding carboxylic acids is 2. The van der Waals surface area contributed by atoms with Gasteiger partial charge in [-0.2, -0.15) is 0 Å². The van der Waals surface area contributed by atoms with Crippen LogP contribution in [0.2, 0.25) is 0 Å². The number of hydrogen-bond acceptors (Lipinski definition) is 4. The van der Waals surface area contributed by atoms with Gasteiger partial charge in [-0.25, -0.2) is 4.79 Å². The van der Waals surface area contributed by atoms with Crippen LogP contribution in [0.3, 0.4) is 0 Å². The second-order valence-corrected chi connectivity index (χ2v) is 2.54. The maximum absolute atomic E-state index is 10.9. The van der Waals surface area contributed by atoms with Crippen LogP contribution in [-0.4, -0.2) is 31.1 Å². The van der Waals surface area contributed by atoms with Crippen molar-refractivity contribution in [2.75, 3.05) is 7.11 Å². The van der Waals surface area contributed by atoms with E-state index in [1.165, 1.54) is 14.0 Å². The normalized spacial score (nSPS) is 14.7.